The molecule has 1 N–H and O–H groups in total. The highest BCUT2D eigenvalue weighted by Gasteiger charge is 2.30. The standard InChI is InChI=1S/C15H29N3O3/c1-7-21-15(11(2)3)14(19)13-12(20-6)10-16-18(13)9-8-17(4)5/h10-11,14-15,19H,7-9H2,1-6H3. The number of rotatable bonds is 9. The number of aliphatic hydroxyl groups is 1. The van der Waals surface area contributed by atoms with E-state index in [4.69, 9.17) is 9.47 Å². The van der Waals surface area contributed by atoms with Gasteiger partial charge in [-0.05, 0) is 26.9 Å². The minimum Gasteiger partial charge on any atom is -0.493 e. The van der Waals surface area contributed by atoms with E-state index < -0.39 is 6.10 Å². The van der Waals surface area contributed by atoms with E-state index >= 15 is 0 Å². The van der Waals surface area contributed by atoms with Crippen LogP contribution in [0, 0.1) is 5.92 Å². The third-order valence-corrected chi connectivity index (χ3v) is 3.43. The summed E-state index contributed by atoms with van der Waals surface area (Å²) in [6.07, 6.45) is 0.612. The molecule has 0 bridgehead atoms. The first-order valence-corrected chi connectivity index (χ1v) is 7.46. The minimum absolute atomic E-state index is 0.196. The Balaban J connectivity index is 3.03. The van der Waals surface area contributed by atoms with Gasteiger partial charge in [0.05, 0.1) is 26.0 Å². The Bertz CT molecular complexity index is 418. The van der Waals surface area contributed by atoms with Gasteiger partial charge in [-0.15, -0.1) is 0 Å². The molecule has 6 heteroatoms. The maximum atomic E-state index is 10.7. The lowest BCUT2D eigenvalue weighted by atomic mass is 9.99. The van der Waals surface area contributed by atoms with Gasteiger partial charge in [-0.2, -0.15) is 5.10 Å². The molecule has 0 radical (unpaired) electrons. The van der Waals surface area contributed by atoms with Crippen molar-refractivity contribution in [3.63, 3.8) is 0 Å². The Morgan fingerprint density at radius 3 is 2.52 bits per heavy atom. The molecule has 0 amide bonds. The Morgan fingerprint density at radius 2 is 2.05 bits per heavy atom. The summed E-state index contributed by atoms with van der Waals surface area (Å²) in [6.45, 7) is 8.11. The van der Waals surface area contributed by atoms with Gasteiger partial charge >= 0.3 is 0 Å². The first kappa shape index (κ1) is 17.9. The summed E-state index contributed by atoms with van der Waals surface area (Å²) in [5, 5.41) is 15.1. The van der Waals surface area contributed by atoms with Gasteiger partial charge in [0.1, 0.15) is 11.8 Å². The fourth-order valence-electron chi connectivity index (χ4n) is 2.30. The van der Waals surface area contributed by atoms with Gasteiger partial charge in [0.15, 0.2) is 5.75 Å². The summed E-state index contributed by atoms with van der Waals surface area (Å²) < 4.78 is 12.9. The van der Waals surface area contributed by atoms with E-state index in [0.29, 0.717) is 24.6 Å². The SMILES string of the molecule is CCOC(C(C)C)C(O)c1c(OC)cnn1CCN(C)C. The number of aromatic nitrogens is 2. The van der Waals surface area contributed by atoms with Crippen LogP contribution in [0.1, 0.15) is 32.6 Å². The lowest BCUT2D eigenvalue weighted by molar-refractivity contribution is -0.0625. The minimum atomic E-state index is -0.760. The van der Waals surface area contributed by atoms with E-state index in [-0.39, 0.29) is 12.0 Å². The topological polar surface area (TPSA) is 59.8 Å². The molecule has 1 heterocycles. The fraction of sp³-hybridized carbons (Fsp3) is 0.800. The highest BCUT2D eigenvalue weighted by molar-refractivity contribution is 5.28. The smallest absolute Gasteiger partial charge is 0.162 e. The number of hydrogen-bond donors (Lipinski definition) is 1. The molecule has 6 nitrogen and oxygen atoms in total. The number of aliphatic hydroxyl groups excluding tert-OH is 1. The van der Waals surface area contributed by atoms with Crippen LogP contribution in [0.2, 0.25) is 0 Å². The third kappa shape index (κ3) is 4.69. The molecule has 0 aromatic carbocycles. The quantitative estimate of drug-likeness (QED) is 0.749. The Morgan fingerprint density at radius 1 is 1.38 bits per heavy atom. The molecule has 2 unspecified atom stereocenters. The summed E-state index contributed by atoms with van der Waals surface area (Å²) >= 11 is 0. The Labute approximate surface area is 127 Å². The summed E-state index contributed by atoms with van der Waals surface area (Å²) in [4.78, 5) is 2.08. The van der Waals surface area contributed by atoms with Crippen molar-refractivity contribution in [1.82, 2.24) is 14.7 Å². The van der Waals surface area contributed by atoms with Gasteiger partial charge in [0.2, 0.25) is 0 Å². The number of hydrogen-bond acceptors (Lipinski definition) is 5. The molecule has 0 saturated heterocycles. The van der Waals surface area contributed by atoms with E-state index in [9.17, 15) is 5.11 Å². The predicted octanol–water partition coefficient (Wildman–Crippen LogP) is 1.55. The Hall–Kier alpha value is -1.11. The lowest BCUT2D eigenvalue weighted by Gasteiger charge is -2.27. The second-order valence-electron chi connectivity index (χ2n) is 5.73. The van der Waals surface area contributed by atoms with Crippen molar-refractivity contribution < 1.29 is 14.6 Å². The monoisotopic (exact) mass is 299 g/mol. The van der Waals surface area contributed by atoms with Crippen molar-refractivity contribution in [1.29, 1.82) is 0 Å². The molecule has 2 atom stereocenters. The maximum Gasteiger partial charge on any atom is 0.162 e. The van der Waals surface area contributed by atoms with Crippen molar-refractivity contribution in [3.8, 4) is 5.75 Å². The van der Waals surface area contributed by atoms with Crippen LogP contribution in [0.5, 0.6) is 5.75 Å². The van der Waals surface area contributed by atoms with Crippen molar-refractivity contribution in [2.45, 2.75) is 39.5 Å². The van der Waals surface area contributed by atoms with Crippen LogP contribution >= 0.6 is 0 Å². The molecule has 0 aliphatic carbocycles. The Kier molecular flexibility index (Phi) is 7.14. The fourth-order valence-corrected chi connectivity index (χ4v) is 2.30. The first-order chi connectivity index (χ1) is 9.92. The van der Waals surface area contributed by atoms with Gasteiger partial charge in [-0.25, -0.2) is 0 Å². The van der Waals surface area contributed by atoms with Crippen LogP contribution < -0.4 is 4.74 Å². The number of methoxy groups -OCH3 is 1. The zero-order chi connectivity index (χ0) is 16.0. The second-order valence-corrected chi connectivity index (χ2v) is 5.73. The zero-order valence-electron chi connectivity index (χ0n) is 14.0. The molecule has 1 aromatic heterocycles. The van der Waals surface area contributed by atoms with Gasteiger partial charge in [-0.3, -0.25) is 4.68 Å². The average Bonchev–Trinajstić information content (AvgIpc) is 2.84. The van der Waals surface area contributed by atoms with Gasteiger partial charge in [0, 0.05) is 13.2 Å². The number of likely N-dealkylation sites (N-methyl/N-ethyl adjacent to an activating group) is 1. The maximum absolute atomic E-state index is 10.7. The van der Waals surface area contributed by atoms with E-state index in [1.165, 1.54) is 0 Å². The highest BCUT2D eigenvalue weighted by atomic mass is 16.5. The molecule has 0 aliphatic heterocycles. The molecular formula is C15H29N3O3. The van der Waals surface area contributed by atoms with E-state index in [1.54, 1.807) is 18.0 Å². The molecule has 0 saturated carbocycles. The molecule has 122 valence electrons. The molecule has 0 fully saturated rings. The summed E-state index contributed by atoms with van der Waals surface area (Å²) in [5.74, 6) is 0.800. The third-order valence-electron chi connectivity index (χ3n) is 3.43. The van der Waals surface area contributed by atoms with Crippen LogP contribution in [0.3, 0.4) is 0 Å². The molecule has 21 heavy (non-hydrogen) atoms. The molecule has 1 aromatic rings. The largest absolute Gasteiger partial charge is 0.493 e. The van der Waals surface area contributed by atoms with Gasteiger partial charge in [0.25, 0.3) is 0 Å². The summed E-state index contributed by atoms with van der Waals surface area (Å²) in [7, 11) is 5.61. The van der Waals surface area contributed by atoms with Crippen LogP contribution in [0.4, 0.5) is 0 Å². The molecule has 0 aliphatic rings. The van der Waals surface area contributed by atoms with Crippen LogP contribution in [0.15, 0.2) is 6.20 Å². The van der Waals surface area contributed by atoms with Crippen LogP contribution in [-0.4, -0.2) is 60.2 Å². The molecule has 1 rings (SSSR count). The zero-order valence-corrected chi connectivity index (χ0v) is 14.0. The predicted molar refractivity (Wildman–Crippen MR) is 82.5 cm³/mol. The van der Waals surface area contributed by atoms with E-state index in [0.717, 1.165) is 6.54 Å². The summed E-state index contributed by atoms with van der Waals surface area (Å²) in [5.41, 5.74) is 0.687. The van der Waals surface area contributed by atoms with Crippen LogP contribution in [0.25, 0.3) is 0 Å². The van der Waals surface area contributed by atoms with Crippen LogP contribution in [-0.2, 0) is 11.3 Å². The first-order valence-electron chi connectivity index (χ1n) is 7.46. The average molecular weight is 299 g/mol. The van der Waals surface area contributed by atoms with Gasteiger partial charge < -0.3 is 19.5 Å². The number of nitrogens with zero attached hydrogens (tertiary/aromatic N) is 3. The molecular weight excluding hydrogens is 270 g/mol. The molecule has 0 spiro atoms. The second kappa shape index (κ2) is 8.36. The number of ether oxygens (including phenoxy) is 2. The van der Waals surface area contributed by atoms with Crippen molar-refractivity contribution >= 4 is 0 Å². The van der Waals surface area contributed by atoms with Crippen molar-refractivity contribution in [3.05, 3.63) is 11.9 Å². The van der Waals surface area contributed by atoms with Gasteiger partial charge in [-0.1, -0.05) is 13.8 Å². The van der Waals surface area contributed by atoms with Crippen molar-refractivity contribution in [2.24, 2.45) is 5.92 Å². The summed E-state index contributed by atoms with van der Waals surface area (Å²) in [6, 6.07) is 0. The van der Waals surface area contributed by atoms with E-state index in [1.807, 2.05) is 34.9 Å². The normalized spacial score (nSPS) is 14.7. The lowest BCUT2D eigenvalue weighted by Crippen LogP contribution is -2.30. The van der Waals surface area contributed by atoms with E-state index in [2.05, 4.69) is 10.00 Å². The van der Waals surface area contributed by atoms with Crippen molar-refractivity contribution in [2.75, 3.05) is 34.4 Å². The highest BCUT2D eigenvalue weighted by Crippen LogP contribution is 2.31.